The van der Waals surface area contributed by atoms with Gasteiger partial charge in [-0.1, -0.05) is 48.5 Å². The van der Waals surface area contributed by atoms with Crippen molar-refractivity contribution in [3.63, 3.8) is 0 Å². The molecule has 2 N–H and O–H groups in total. The lowest BCUT2D eigenvalue weighted by molar-refractivity contribution is -0.134. The van der Waals surface area contributed by atoms with Crippen LogP contribution in [-0.4, -0.2) is 36.5 Å². The molecule has 3 rings (SSSR count). The normalized spacial score (nSPS) is 17.9. The summed E-state index contributed by atoms with van der Waals surface area (Å²) in [6.45, 7) is 2.17. The van der Waals surface area contributed by atoms with Crippen LogP contribution in [0.4, 0.5) is 0 Å². The van der Waals surface area contributed by atoms with E-state index in [1.165, 1.54) is 0 Å². The van der Waals surface area contributed by atoms with Gasteiger partial charge in [-0.05, 0) is 37.0 Å². The molecule has 4 nitrogen and oxygen atoms in total. The predicted octanol–water partition coefficient (Wildman–Crippen LogP) is 3.30. The van der Waals surface area contributed by atoms with Crippen molar-refractivity contribution in [1.82, 2.24) is 4.90 Å². The second-order valence-electron chi connectivity index (χ2n) is 6.71. The molecule has 1 unspecified atom stereocenters. The maximum absolute atomic E-state index is 12.7. The van der Waals surface area contributed by atoms with E-state index < -0.39 is 6.04 Å². The summed E-state index contributed by atoms with van der Waals surface area (Å²) in [6, 6.07) is 19.3. The molecular formula is C21H27ClN2O2. The van der Waals surface area contributed by atoms with E-state index in [9.17, 15) is 4.79 Å². The lowest BCUT2D eigenvalue weighted by Crippen LogP contribution is -2.49. The van der Waals surface area contributed by atoms with E-state index in [2.05, 4.69) is 0 Å². The molecular weight excluding hydrogens is 348 g/mol. The maximum atomic E-state index is 12.7. The van der Waals surface area contributed by atoms with E-state index in [1.54, 1.807) is 0 Å². The van der Waals surface area contributed by atoms with Gasteiger partial charge in [-0.15, -0.1) is 12.4 Å². The van der Waals surface area contributed by atoms with Gasteiger partial charge in [-0.2, -0.15) is 0 Å². The minimum atomic E-state index is -0.476. The summed E-state index contributed by atoms with van der Waals surface area (Å²) in [5, 5.41) is 0. The van der Waals surface area contributed by atoms with E-state index in [0.29, 0.717) is 18.9 Å². The molecule has 0 saturated carbocycles. The van der Waals surface area contributed by atoms with Crippen molar-refractivity contribution in [3.8, 4) is 5.75 Å². The Hall–Kier alpha value is -2.04. The topological polar surface area (TPSA) is 55.6 Å². The fraction of sp³-hybridized carbons (Fsp3) is 0.381. The largest absolute Gasteiger partial charge is 0.493 e. The molecule has 1 aliphatic rings. The number of carbonyl (C=O) groups is 1. The molecule has 1 amide bonds. The molecule has 2 aromatic rings. The highest BCUT2D eigenvalue weighted by molar-refractivity contribution is 5.85. The zero-order valence-corrected chi connectivity index (χ0v) is 15.7. The Bertz CT molecular complexity index is 666. The molecule has 5 heteroatoms. The molecule has 0 radical (unpaired) electrons. The Labute approximate surface area is 161 Å². The zero-order valence-electron chi connectivity index (χ0n) is 14.9. The summed E-state index contributed by atoms with van der Waals surface area (Å²) < 4.78 is 5.86. The first-order chi connectivity index (χ1) is 12.2. The van der Waals surface area contributed by atoms with Gasteiger partial charge >= 0.3 is 0 Å². The Morgan fingerprint density at radius 1 is 1.12 bits per heavy atom. The number of ether oxygens (including phenoxy) is 1. The van der Waals surface area contributed by atoms with Crippen molar-refractivity contribution in [2.75, 3.05) is 19.7 Å². The van der Waals surface area contributed by atoms with Gasteiger partial charge < -0.3 is 15.4 Å². The average Bonchev–Trinajstić information content (AvgIpc) is 2.67. The molecule has 140 valence electrons. The van der Waals surface area contributed by atoms with Crippen LogP contribution in [0.5, 0.6) is 5.75 Å². The molecule has 0 aromatic heterocycles. The lowest BCUT2D eigenvalue weighted by atomic mass is 9.97. The zero-order chi connectivity index (χ0) is 17.5. The quantitative estimate of drug-likeness (QED) is 0.844. The monoisotopic (exact) mass is 374 g/mol. The number of hydrogen-bond donors (Lipinski definition) is 1. The maximum Gasteiger partial charge on any atom is 0.239 e. The third kappa shape index (κ3) is 5.75. The Morgan fingerprint density at radius 3 is 2.46 bits per heavy atom. The molecule has 2 atom stereocenters. The third-order valence-electron chi connectivity index (χ3n) is 4.68. The smallest absolute Gasteiger partial charge is 0.239 e. The molecule has 2 aromatic carbocycles. The van der Waals surface area contributed by atoms with Crippen LogP contribution in [-0.2, 0) is 11.2 Å². The first kappa shape index (κ1) is 20.3. The number of benzene rings is 2. The third-order valence-corrected chi connectivity index (χ3v) is 4.68. The minimum absolute atomic E-state index is 0. The Kier molecular flexibility index (Phi) is 7.95. The van der Waals surface area contributed by atoms with Crippen molar-refractivity contribution >= 4 is 18.3 Å². The number of amides is 1. The lowest BCUT2D eigenvalue weighted by Gasteiger charge is -2.34. The Morgan fingerprint density at radius 2 is 1.77 bits per heavy atom. The minimum Gasteiger partial charge on any atom is -0.493 e. The van der Waals surface area contributed by atoms with Gasteiger partial charge in [0.25, 0.3) is 0 Å². The van der Waals surface area contributed by atoms with Crippen molar-refractivity contribution in [3.05, 3.63) is 66.2 Å². The molecule has 0 spiro atoms. The van der Waals surface area contributed by atoms with Gasteiger partial charge in [0.05, 0.1) is 12.6 Å². The summed E-state index contributed by atoms with van der Waals surface area (Å²) >= 11 is 0. The number of likely N-dealkylation sites (tertiary alicyclic amines) is 1. The number of hydrogen-bond acceptors (Lipinski definition) is 3. The SMILES string of the molecule is Cl.N[C@@H](Cc1ccccc1)C(=O)N1CCCC(COc2ccccc2)C1. The number of carbonyl (C=O) groups excluding carboxylic acids is 1. The summed E-state index contributed by atoms with van der Waals surface area (Å²) in [6.07, 6.45) is 2.68. The molecule has 26 heavy (non-hydrogen) atoms. The number of para-hydroxylation sites is 1. The highest BCUT2D eigenvalue weighted by Gasteiger charge is 2.27. The number of nitrogens with two attached hydrogens (primary N) is 1. The molecule has 0 bridgehead atoms. The summed E-state index contributed by atoms with van der Waals surface area (Å²) in [7, 11) is 0. The molecule has 1 fully saturated rings. The van der Waals surface area contributed by atoms with Crippen molar-refractivity contribution in [2.45, 2.75) is 25.3 Å². The van der Waals surface area contributed by atoms with Gasteiger partial charge in [-0.3, -0.25) is 4.79 Å². The second-order valence-corrected chi connectivity index (χ2v) is 6.71. The number of rotatable bonds is 6. The van der Waals surface area contributed by atoms with Crippen LogP contribution in [0.3, 0.4) is 0 Å². The average molecular weight is 375 g/mol. The molecule has 1 aliphatic heterocycles. The van der Waals surface area contributed by atoms with Gasteiger partial charge in [-0.25, -0.2) is 0 Å². The predicted molar refractivity (Wildman–Crippen MR) is 107 cm³/mol. The summed E-state index contributed by atoms with van der Waals surface area (Å²) in [5.74, 6) is 1.29. The van der Waals surface area contributed by atoms with Gasteiger partial charge in [0.2, 0.25) is 5.91 Å². The van der Waals surface area contributed by atoms with Crippen LogP contribution < -0.4 is 10.5 Å². The number of piperidine rings is 1. The number of nitrogens with zero attached hydrogens (tertiary/aromatic N) is 1. The van der Waals surface area contributed by atoms with E-state index in [-0.39, 0.29) is 18.3 Å². The van der Waals surface area contributed by atoms with Gasteiger partial charge in [0.1, 0.15) is 5.75 Å². The Balaban J connectivity index is 0.00000243. The standard InChI is InChI=1S/C21H26N2O2.ClH/c22-20(14-17-8-3-1-4-9-17)21(24)23-13-7-10-18(15-23)16-25-19-11-5-2-6-12-19;/h1-6,8-9,11-12,18,20H,7,10,13-16,22H2;1H/t18?,20-;/m0./s1. The van der Waals surface area contributed by atoms with Crippen molar-refractivity contribution in [1.29, 1.82) is 0 Å². The van der Waals surface area contributed by atoms with Gasteiger partial charge in [0, 0.05) is 19.0 Å². The van der Waals surface area contributed by atoms with Gasteiger partial charge in [0.15, 0.2) is 0 Å². The molecule has 0 aliphatic carbocycles. The highest BCUT2D eigenvalue weighted by Crippen LogP contribution is 2.19. The van der Waals surface area contributed by atoms with Crippen molar-refractivity contribution in [2.24, 2.45) is 11.7 Å². The van der Waals surface area contributed by atoms with Crippen LogP contribution in [0.15, 0.2) is 60.7 Å². The fourth-order valence-corrected chi connectivity index (χ4v) is 3.32. The van der Waals surface area contributed by atoms with Crippen LogP contribution >= 0.6 is 12.4 Å². The van der Waals surface area contributed by atoms with Crippen molar-refractivity contribution < 1.29 is 9.53 Å². The van der Waals surface area contributed by atoms with Crippen LogP contribution in [0.2, 0.25) is 0 Å². The molecule has 1 heterocycles. The first-order valence-electron chi connectivity index (χ1n) is 8.98. The fourth-order valence-electron chi connectivity index (χ4n) is 3.32. The summed E-state index contributed by atoms with van der Waals surface area (Å²) in [4.78, 5) is 14.6. The highest BCUT2D eigenvalue weighted by atomic mass is 35.5. The van der Waals surface area contributed by atoms with E-state index >= 15 is 0 Å². The number of halogens is 1. The van der Waals surface area contributed by atoms with E-state index in [0.717, 1.165) is 37.2 Å². The first-order valence-corrected chi connectivity index (χ1v) is 8.98. The van der Waals surface area contributed by atoms with Crippen LogP contribution in [0.1, 0.15) is 18.4 Å². The van der Waals surface area contributed by atoms with Crippen LogP contribution in [0, 0.1) is 5.92 Å². The summed E-state index contributed by atoms with van der Waals surface area (Å²) in [5.41, 5.74) is 7.27. The van der Waals surface area contributed by atoms with Crippen LogP contribution in [0.25, 0.3) is 0 Å². The van der Waals surface area contributed by atoms with E-state index in [1.807, 2.05) is 65.6 Å². The second kappa shape index (κ2) is 10.2. The molecule has 1 saturated heterocycles. The van der Waals surface area contributed by atoms with E-state index in [4.69, 9.17) is 10.5 Å².